The third-order valence-electron chi connectivity index (χ3n) is 2.95. The number of rotatable bonds is 2. The van der Waals surface area contributed by atoms with E-state index < -0.39 is 9.84 Å². The van der Waals surface area contributed by atoms with E-state index >= 15 is 0 Å². The summed E-state index contributed by atoms with van der Waals surface area (Å²) in [5.74, 6) is 0.685. The first-order chi connectivity index (χ1) is 8.05. The lowest BCUT2D eigenvalue weighted by Gasteiger charge is -2.38. The van der Waals surface area contributed by atoms with E-state index in [9.17, 15) is 8.42 Å². The lowest BCUT2D eigenvalue weighted by Crippen LogP contribution is -2.55. The van der Waals surface area contributed by atoms with Gasteiger partial charge in [-0.25, -0.2) is 13.4 Å². The van der Waals surface area contributed by atoms with E-state index in [0.717, 1.165) is 0 Å². The lowest BCUT2D eigenvalue weighted by atomic mass is 10.2. The highest BCUT2D eigenvalue weighted by atomic mass is 32.2. The van der Waals surface area contributed by atoms with Gasteiger partial charge in [0.25, 0.3) is 0 Å². The van der Waals surface area contributed by atoms with Crippen molar-refractivity contribution in [3.8, 4) is 0 Å². The summed E-state index contributed by atoms with van der Waals surface area (Å²) in [6, 6.07) is 0. The minimum absolute atomic E-state index is 0.299. The maximum absolute atomic E-state index is 11.3. The molecule has 3 rings (SSSR count). The molecule has 17 heavy (non-hydrogen) atoms. The van der Waals surface area contributed by atoms with Crippen LogP contribution in [0.5, 0.6) is 0 Å². The van der Waals surface area contributed by atoms with Crippen LogP contribution in [-0.2, 0) is 9.84 Å². The Balaban J connectivity index is 1.90. The van der Waals surface area contributed by atoms with Gasteiger partial charge in [0.15, 0.2) is 15.7 Å². The summed E-state index contributed by atoms with van der Waals surface area (Å²) in [6.45, 7) is 0.941. The summed E-state index contributed by atoms with van der Waals surface area (Å²) in [4.78, 5) is 6.12. The van der Waals surface area contributed by atoms with Crippen LogP contribution in [0.1, 0.15) is 0 Å². The molecule has 0 spiro atoms. The molecular formula is C9H11N5O2S. The van der Waals surface area contributed by atoms with Gasteiger partial charge >= 0.3 is 0 Å². The van der Waals surface area contributed by atoms with Crippen molar-refractivity contribution in [3.63, 3.8) is 0 Å². The van der Waals surface area contributed by atoms with Crippen LogP contribution >= 0.6 is 0 Å². The van der Waals surface area contributed by atoms with Crippen LogP contribution in [0.15, 0.2) is 18.7 Å². The van der Waals surface area contributed by atoms with Crippen molar-refractivity contribution in [1.82, 2.24) is 19.6 Å². The molecule has 3 heterocycles. The molecule has 7 nitrogen and oxygen atoms in total. The summed E-state index contributed by atoms with van der Waals surface area (Å²) >= 11 is 0. The molecule has 0 aliphatic carbocycles. The second-order valence-electron chi connectivity index (χ2n) is 4.17. The molecule has 1 aliphatic heterocycles. The van der Waals surface area contributed by atoms with E-state index in [0.29, 0.717) is 24.6 Å². The molecule has 0 N–H and O–H groups in total. The van der Waals surface area contributed by atoms with E-state index in [1.165, 1.54) is 6.26 Å². The second kappa shape index (κ2) is 3.39. The monoisotopic (exact) mass is 253 g/mol. The molecule has 0 unspecified atom stereocenters. The topological polar surface area (TPSA) is 80.5 Å². The quantitative estimate of drug-likeness (QED) is 0.708. The number of aromatic nitrogens is 4. The van der Waals surface area contributed by atoms with Crippen molar-refractivity contribution in [1.29, 1.82) is 0 Å². The van der Waals surface area contributed by atoms with Crippen molar-refractivity contribution in [2.75, 3.05) is 24.2 Å². The average molecular weight is 253 g/mol. The number of hydrogen-bond donors (Lipinski definition) is 0. The Bertz CT molecular complexity index is 659. The van der Waals surface area contributed by atoms with Crippen molar-refractivity contribution >= 4 is 21.3 Å². The average Bonchev–Trinajstić information content (AvgIpc) is 2.61. The molecule has 1 saturated heterocycles. The fraction of sp³-hybridized carbons (Fsp3) is 0.444. The van der Waals surface area contributed by atoms with E-state index in [4.69, 9.17) is 0 Å². The van der Waals surface area contributed by atoms with Gasteiger partial charge in [-0.1, -0.05) is 0 Å². The summed E-state index contributed by atoms with van der Waals surface area (Å²) in [7, 11) is -2.96. The molecule has 1 aliphatic rings. The molecule has 0 aromatic carbocycles. The Morgan fingerprint density at radius 1 is 1.41 bits per heavy atom. The Labute approximate surface area is 98.0 Å². The minimum atomic E-state index is -2.96. The van der Waals surface area contributed by atoms with Gasteiger partial charge in [-0.3, -0.25) is 4.40 Å². The zero-order valence-electron chi connectivity index (χ0n) is 9.18. The normalized spacial score (nSPS) is 17.4. The highest BCUT2D eigenvalue weighted by Crippen LogP contribution is 2.24. The lowest BCUT2D eigenvalue weighted by molar-refractivity contribution is 0.544. The van der Waals surface area contributed by atoms with Crippen LogP contribution in [0.4, 0.5) is 5.82 Å². The van der Waals surface area contributed by atoms with Crippen molar-refractivity contribution in [2.45, 2.75) is 5.25 Å². The summed E-state index contributed by atoms with van der Waals surface area (Å²) < 4.78 is 24.4. The molecule has 8 heteroatoms. The Hall–Kier alpha value is -1.70. The molecule has 1 fully saturated rings. The Kier molecular flexibility index (Phi) is 2.09. The van der Waals surface area contributed by atoms with Gasteiger partial charge in [0.05, 0.1) is 5.25 Å². The molecule has 0 amide bonds. The van der Waals surface area contributed by atoms with Crippen molar-refractivity contribution < 1.29 is 8.42 Å². The van der Waals surface area contributed by atoms with Gasteiger partial charge in [-0.05, 0) is 0 Å². The molecule has 90 valence electrons. The van der Waals surface area contributed by atoms with Gasteiger partial charge < -0.3 is 4.90 Å². The van der Waals surface area contributed by atoms with Crippen LogP contribution in [0.25, 0.3) is 5.65 Å². The van der Waals surface area contributed by atoms with Gasteiger partial charge in [0.1, 0.15) is 6.33 Å². The van der Waals surface area contributed by atoms with Gasteiger partial charge in [-0.15, -0.1) is 10.2 Å². The summed E-state index contributed by atoms with van der Waals surface area (Å²) in [5.41, 5.74) is 0.652. The predicted octanol–water partition coefficient (Wildman–Crippen LogP) is -0.643. The molecule has 0 bridgehead atoms. The molecular weight excluding hydrogens is 242 g/mol. The van der Waals surface area contributed by atoms with E-state index in [2.05, 4.69) is 15.2 Å². The third kappa shape index (κ3) is 1.64. The zero-order chi connectivity index (χ0) is 12.0. The van der Waals surface area contributed by atoms with Gasteiger partial charge in [-0.2, -0.15) is 0 Å². The molecule has 2 aromatic heterocycles. The summed E-state index contributed by atoms with van der Waals surface area (Å²) in [5, 5.41) is 7.47. The molecule has 0 saturated carbocycles. The zero-order valence-corrected chi connectivity index (χ0v) is 10.0. The largest absolute Gasteiger partial charge is 0.351 e. The molecule has 2 aromatic rings. The first-order valence-electron chi connectivity index (χ1n) is 5.14. The van der Waals surface area contributed by atoms with E-state index in [1.54, 1.807) is 23.1 Å². The van der Waals surface area contributed by atoms with Crippen LogP contribution in [0, 0.1) is 0 Å². The van der Waals surface area contributed by atoms with Gasteiger partial charge in [0.2, 0.25) is 5.65 Å². The second-order valence-corrected chi connectivity index (χ2v) is 6.49. The van der Waals surface area contributed by atoms with Crippen LogP contribution < -0.4 is 4.90 Å². The Morgan fingerprint density at radius 3 is 2.88 bits per heavy atom. The fourth-order valence-electron chi connectivity index (χ4n) is 1.85. The van der Waals surface area contributed by atoms with Crippen molar-refractivity contribution in [3.05, 3.63) is 18.7 Å². The number of hydrogen-bond acceptors (Lipinski definition) is 6. The first-order valence-corrected chi connectivity index (χ1v) is 7.09. The highest BCUT2D eigenvalue weighted by Gasteiger charge is 2.36. The predicted molar refractivity (Wildman–Crippen MR) is 61.6 cm³/mol. The third-order valence-corrected chi connectivity index (χ3v) is 4.46. The highest BCUT2D eigenvalue weighted by molar-refractivity contribution is 7.91. The maximum Gasteiger partial charge on any atom is 0.203 e. The number of anilines is 1. The minimum Gasteiger partial charge on any atom is -0.351 e. The van der Waals surface area contributed by atoms with E-state index in [1.807, 2.05) is 4.90 Å². The van der Waals surface area contributed by atoms with E-state index in [-0.39, 0.29) is 5.25 Å². The van der Waals surface area contributed by atoms with Crippen LogP contribution in [-0.4, -0.2) is 52.6 Å². The smallest absolute Gasteiger partial charge is 0.203 e. The Morgan fingerprint density at radius 2 is 2.18 bits per heavy atom. The van der Waals surface area contributed by atoms with Crippen LogP contribution in [0.3, 0.4) is 0 Å². The van der Waals surface area contributed by atoms with Crippen molar-refractivity contribution in [2.24, 2.45) is 0 Å². The number of nitrogens with zero attached hydrogens (tertiary/aromatic N) is 5. The number of sulfone groups is 1. The maximum atomic E-state index is 11.3. The first kappa shape index (κ1) is 10.5. The SMILES string of the molecule is CS(=O)(=O)C1CN(c2nccn3cnnc23)C1. The molecule has 0 radical (unpaired) electrons. The summed E-state index contributed by atoms with van der Waals surface area (Å²) in [6.07, 6.45) is 6.26. The van der Waals surface area contributed by atoms with Gasteiger partial charge in [0, 0.05) is 31.7 Å². The van der Waals surface area contributed by atoms with Crippen LogP contribution in [0.2, 0.25) is 0 Å². The number of fused-ring (bicyclic) bond motifs is 1. The fourth-order valence-corrected chi connectivity index (χ4v) is 2.75. The standard InChI is InChI=1S/C9H11N5O2S/c1-17(15,16)7-4-14(5-7)8-9-12-11-6-13(9)3-2-10-8/h2-3,6-7H,4-5H2,1H3. The molecule has 0 atom stereocenters.